The van der Waals surface area contributed by atoms with Crippen LogP contribution in [0.25, 0.3) is 11.1 Å². The molecular formula is C21H23NO4. The van der Waals surface area contributed by atoms with Gasteiger partial charge in [0.15, 0.2) is 0 Å². The first-order valence-electron chi connectivity index (χ1n) is 8.74. The summed E-state index contributed by atoms with van der Waals surface area (Å²) in [5.41, 5.74) is 4.67. The van der Waals surface area contributed by atoms with E-state index in [9.17, 15) is 9.59 Å². The average Bonchev–Trinajstić information content (AvgIpc) is 3.00. The quantitative estimate of drug-likeness (QED) is 0.767. The monoisotopic (exact) mass is 353 g/mol. The Kier molecular flexibility index (Phi) is 5.26. The van der Waals surface area contributed by atoms with Crippen molar-refractivity contribution in [3.05, 3.63) is 59.7 Å². The van der Waals surface area contributed by atoms with Crippen LogP contribution < -0.4 is 0 Å². The van der Waals surface area contributed by atoms with Crippen molar-refractivity contribution in [3.8, 4) is 11.1 Å². The lowest BCUT2D eigenvalue weighted by molar-refractivity contribution is -0.146. The van der Waals surface area contributed by atoms with E-state index < -0.39 is 18.1 Å². The Hall–Kier alpha value is -2.82. The van der Waals surface area contributed by atoms with E-state index in [4.69, 9.17) is 9.47 Å². The van der Waals surface area contributed by atoms with Crippen LogP contribution in [0, 0.1) is 0 Å². The first-order valence-corrected chi connectivity index (χ1v) is 8.74. The highest BCUT2D eigenvalue weighted by Gasteiger charge is 2.31. The molecule has 1 aliphatic carbocycles. The van der Waals surface area contributed by atoms with Crippen molar-refractivity contribution in [2.75, 3.05) is 20.8 Å². The maximum atomic E-state index is 12.4. The molecule has 0 heterocycles. The van der Waals surface area contributed by atoms with Gasteiger partial charge in [0.25, 0.3) is 0 Å². The summed E-state index contributed by atoms with van der Waals surface area (Å²) in [4.78, 5) is 25.5. The minimum absolute atomic E-state index is 0.00190. The lowest BCUT2D eigenvalue weighted by Gasteiger charge is -2.25. The number of carbonyl (C=O) groups is 2. The Morgan fingerprint density at radius 2 is 1.58 bits per heavy atom. The number of hydrogen-bond donors (Lipinski definition) is 0. The van der Waals surface area contributed by atoms with Crippen LogP contribution >= 0.6 is 0 Å². The number of benzene rings is 2. The number of carbonyl (C=O) groups excluding carboxylic acids is 2. The third-order valence-corrected chi connectivity index (χ3v) is 4.95. The standard InChI is InChI=1S/C21H23NO4/c1-4-19(20(23)25-3)22(2)21(24)26-13-18-16-11-7-5-9-14(16)15-10-6-8-12-17(15)18/h5-12,18-19H,4,13H2,1-3H3/t19-/m0/s1. The van der Waals surface area contributed by atoms with Gasteiger partial charge in [-0.25, -0.2) is 9.59 Å². The van der Waals surface area contributed by atoms with Gasteiger partial charge in [-0.05, 0) is 28.7 Å². The Morgan fingerprint density at radius 1 is 1.04 bits per heavy atom. The van der Waals surface area contributed by atoms with Crippen molar-refractivity contribution in [3.63, 3.8) is 0 Å². The van der Waals surface area contributed by atoms with Crippen LogP contribution in [0.15, 0.2) is 48.5 Å². The van der Waals surface area contributed by atoms with Gasteiger partial charge < -0.3 is 9.47 Å². The largest absolute Gasteiger partial charge is 0.467 e. The molecule has 0 saturated carbocycles. The Bertz CT molecular complexity index is 772. The second-order valence-electron chi connectivity index (χ2n) is 6.36. The molecule has 0 bridgehead atoms. The zero-order valence-corrected chi connectivity index (χ0v) is 15.3. The third-order valence-electron chi connectivity index (χ3n) is 4.95. The maximum Gasteiger partial charge on any atom is 0.410 e. The van der Waals surface area contributed by atoms with Gasteiger partial charge in [0.05, 0.1) is 7.11 Å². The van der Waals surface area contributed by atoms with Crippen LogP contribution in [-0.2, 0) is 14.3 Å². The summed E-state index contributed by atoms with van der Waals surface area (Å²) in [5, 5.41) is 0. The van der Waals surface area contributed by atoms with Crippen molar-refractivity contribution < 1.29 is 19.1 Å². The summed E-state index contributed by atoms with van der Waals surface area (Å²) in [5.74, 6) is -0.443. The fraction of sp³-hybridized carbons (Fsp3) is 0.333. The van der Waals surface area contributed by atoms with E-state index in [0.717, 1.165) is 11.1 Å². The van der Waals surface area contributed by atoms with Crippen molar-refractivity contribution in [1.29, 1.82) is 0 Å². The molecule has 2 aromatic rings. The van der Waals surface area contributed by atoms with Crippen molar-refractivity contribution in [1.82, 2.24) is 4.90 Å². The van der Waals surface area contributed by atoms with Gasteiger partial charge in [0.2, 0.25) is 0 Å². The highest BCUT2D eigenvalue weighted by atomic mass is 16.6. The zero-order valence-electron chi connectivity index (χ0n) is 15.3. The molecule has 0 fully saturated rings. The van der Waals surface area contributed by atoms with Gasteiger partial charge in [0.1, 0.15) is 12.6 Å². The van der Waals surface area contributed by atoms with Crippen LogP contribution in [0.4, 0.5) is 4.79 Å². The number of rotatable bonds is 5. The summed E-state index contributed by atoms with van der Waals surface area (Å²) in [6.07, 6.45) is -0.0583. The minimum Gasteiger partial charge on any atom is -0.467 e. The van der Waals surface area contributed by atoms with Crippen LogP contribution in [-0.4, -0.2) is 43.8 Å². The second kappa shape index (κ2) is 7.60. The number of hydrogen-bond acceptors (Lipinski definition) is 4. The number of fused-ring (bicyclic) bond motifs is 3. The predicted molar refractivity (Wildman–Crippen MR) is 98.9 cm³/mol. The molecule has 2 aromatic carbocycles. The van der Waals surface area contributed by atoms with E-state index in [1.54, 1.807) is 7.05 Å². The molecule has 1 aliphatic rings. The molecule has 0 radical (unpaired) electrons. The van der Waals surface area contributed by atoms with Crippen molar-refractivity contribution in [2.45, 2.75) is 25.3 Å². The van der Waals surface area contributed by atoms with Crippen LogP contribution in [0.1, 0.15) is 30.4 Å². The molecular weight excluding hydrogens is 330 g/mol. The molecule has 1 atom stereocenters. The molecule has 5 nitrogen and oxygen atoms in total. The maximum absolute atomic E-state index is 12.4. The Morgan fingerprint density at radius 3 is 2.08 bits per heavy atom. The second-order valence-corrected chi connectivity index (χ2v) is 6.36. The Balaban J connectivity index is 1.76. The van der Waals surface area contributed by atoms with Crippen molar-refractivity contribution >= 4 is 12.1 Å². The first kappa shape index (κ1) is 18.0. The van der Waals surface area contributed by atoms with Crippen molar-refractivity contribution in [2.24, 2.45) is 0 Å². The predicted octanol–water partition coefficient (Wildman–Crippen LogP) is 3.82. The normalized spacial score (nSPS) is 13.5. The molecule has 5 heteroatoms. The minimum atomic E-state index is -0.643. The van der Waals surface area contributed by atoms with Gasteiger partial charge in [0, 0.05) is 13.0 Å². The number of likely N-dealkylation sites (N-methyl/N-ethyl adjacent to an activating group) is 1. The van der Waals surface area contributed by atoms with Gasteiger partial charge in [-0.15, -0.1) is 0 Å². The lowest BCUT2D eigenvalue weighted by Crippen LogP contribution is -2.43. The van der Waals surface area contributed by atoms with E-state index in [-0.39, 0.29) is 12.5 Å². The molecule has 0 unspecified atom stereocenters. The average molecular weight is 353 g/mol. The fourth-order valence-corrected chi connectivity index (χ4v) is 3.56. The number of ether oxygens (including phenoxy) is 2. The number of methoxy groups -OCH3 is 1. The van der Waals surface area contributed by atoms with E-state index >= 15 is 0 Å². The topological polar surface area (TPSA) is 55.8 Å². The molecule has 26 heavy (non-hydrogen) atoms. The summed E-state index contributed by atoms with van der Waals surface area (Å²) < 4.78 is 10.3. The van der Waals surface area contributed by atoms with E-state index in [1.807, 2.05) is 31.2 Å². The summed E-state index contributed by atoms with van der Waals surface area (Å²) >= 11 is 0. The number of amides is 1. The molecule has 3 rings (SSSR count). The smallest absolute Gasteiger partial charge is 0.410 e. The SMILES string of the molecule is CC[C@@H](C(=O)OC)N(C)C(=O)OCC1c2ccccc2-c2ccccc21. The van der Waals surface area contributed by atoms with E-state index in [1.165, 1.54) is 23.1 Å². The Labute approximate surface area is 153 Å². The highest BCUT2D eigenvalue weighted by Crippen LogP contribution is 2.44. The molecule has 0 aliphatic heterocycles. The molecule has 136 valence electrons. The number of esters is 1. The molecule has 1 amide bonds. The van der Waals surface area contributed by atoms with Gasteiger partial charge >= 0.3 is 12.1 Å². The molecule has 0 saturated heterocycles. The van der Waals surface area contributed by atoms with E-state index in [0.29, 0.717) is 6.42 Å². The lowest BCUT2D eigenvalue weighted by atomic mass is 9.98. The van der Waals surface area contributed by atoms with Crippen LogP contribution in [0.3, 0.4) is 0 Å². The summed E-state index contributed by atoms with van der Waals surface area (Å²) in [6.45, 7) is 2.06. The molecule has 0 spiro atoms. The molecule has 0 N–H and O–H groups in total. The van der Waals surface area contributed by atoms with Gasteiger partial charge in [-0.3, -0.25) is 4.90 Å². The number of nitrogens with zero attached hydrogens (tertiary/aromatic N) is 1. The molecule has 0 aromatic heterocycles. The van der Waals surface area contributed by atoms with E-state index in [2.05, 4.69) is 24.3 Å². The highest BCUT2D eigenvalue weighted by molar-refractivity contribution is 5.81. The van der Waals surface area contributed by atoms with Gasteiger partial charge in [-0.2, -0.15) is 0 Å². The summed E-state index contributed by atoms with van der Waals surface area (Å²) in [6, 6.07) is 15.7. The van der Waals surface area contributed by atoms with Crippen LogP contribution in [0.2, 0.25) is 0 Å². The van der Waals surface area contributed by atoms with Crippen LogP contribution in [0.5, 0.6) is 0 Å². The third kappa shape index (κ3) is 3.17. The van der Waals surface area contributed by atoms with Gasteiger partial charge in [-0.1, -0.05) is 55.5 Å². The summed E-state index contributed by atoms with van der Waals surface area (Å²) in [7, 11) is 2.88. The first-order chi connectivity index (χ1) is 12.6. The fourth-order valence-electron chi connectivity index (χ4n) is 3.56. The zero-order chi connectivity index (χ0) is 18.7.